The van der Waals surface area contributed by atoms with E-state index in [4.69, 9.17) is 0 Å². The van der Waals surface area contributed by atoms with Gasteiger partial charge in [-0.05, 0) is 19.9 Å². The first-order chi connectivity index (χ1) is 6.69. The van der Waals surface area contributed by atoms with E-state index in [0.717, 1.165) is 18.4 Å². The maximum Gasteiger partial charge on any atom is 0.274 e. The molecule has 0 aromatic heterocycles. The summed E-state index contributed by atoms with van der Waals surface area (Å²) in [6, 6.07) is 6.95. The second-order valence-electron chi connectivity index (χ2n) is 3.61. The Morgan fingerprint density at radius 2 is 2.07 bits per heavy atom. The lowest BCUT2D eigenvalue weighted by Crippen LogP contribution is -2.25. The summed E-state index contributed by atoms with van der Waals surface area (Å²) in [5.41, 5.74) is 0.899. The SMILES string of the molecule is CNC1(c2ccccc2[N+](=O)[O-])CC1. The van der Waals surface area contributed by atoms with Gasteiger partial charge in [-0.2, -0.15) is 0 Å². The quantitative estimate of drug-likeness (QED) is 0.587. The Morgan fingerprint density at radius 1 is 1.43 bits per heavy atom. The minimum atomic E-state index is -0.313. The molecule has 4 nitrogen and oxygen atoms in total. The summed E-state index contributed by atoms with van der Waals surface area (Å²) in [6.45, 7) is 0. The highest BCUT2D eigenvalue weighted by Crippen LogP contribution is 2.48. The molecule has 0 atom stereocenters. The Morgan fingerprint density at radius 3 is 2.57 bits per heavy atom. The average Bonchev–Trinajstić information content (AvgIpc) is 2.98. The van der Waals surface area contributed by atoms with Gasteiger partial charge in [0, 0.05) is 11.6 Å². The number of hydrogen-bond acceptors (Lipinski definition) is 3. The van der Waals surface area contributed by atoms with Gasteiger partial charge in [-0.1, -0.05) is 18.2 Å². The maximum atomic E-state index is 10.8. The minimum absolute atomic E-state index is 0.135. The van der Waals surface area contributed by atoms with E-state index >= 15 is 0 Å². The molecule has 0 amide bonds. The van der Waals surface area contributed by atoms with Gasteiger partial charge in [-0.15, -0.1) is 0 Å². The first-order valence-corrected chi connectivity index (χ1v) is 4.62. The van der Waals surface area contributed by atoms with Crippen molar-refractivity contribution in [2.24, 2.45) is 0 Å². The Bertz CT molecular complexity index is 372. The molecule has 1 saturated carbocycles. The molecule has 1 aromatic rings. The number of para-hydroxylation sites is 1. The fourth-order valence-corrected chi connectivity index (χ4v) is 1.82. The fraction of sp³-hybridized carbons (Fsp3) is 0.400. The summed E-state index contributed by atoms with van der Waals surface area (Å²) in [4.78, 5) is 10.5. The maximum absolute atomic E-state index is 10.8. The van der Waals surface area contributed by atoms with Crippen LogP contribution in [-0.2, 0) is 5.54 Å². The van der Waals surface area contributed by atoms with Gasteiger partial charge in [0.05, 0.1) is 10.5 Å². The summed E-state index contributed by atoms with van der Waals surface area (Å²) in [5, 5.41) is 13.9. The van der Waals surface area contributed by atoms with Gasteiger partial charge < -0.3 is 5.32 Å². The monoisotopic (exact) mass is 192 g/mol. The molecule has 4 heteroatoms. The lowest BCUT2D eigenvalue weighted by Gasteiger charge is -2.13. The minimum Gasteiger partial charge on any atom is -0.310 e. The van der Waals surface area contributed by atoms with Crippen LogP contribution in [0.5, 0.6) is 0 Å². The van der Waals surface area contributed by atoms with Gasteiger partial charge in [0.25, 0.3) is 5.69 Å². The van der Waals surface area contributed by atoms with Crippen molar-refractivity contribution in [2.75, 3.05) is 7.05 Å². The zero-order valence-corrected chi connectivity index (χ0v) is 7.99. The predicted octanol–water partition coefficient (Wildman–Crippen LogP) is 1.80. The predicted molar refractivity (Wildman–Crippen MR) is 53.1 cm³/mol. The van der Waals surface area contributed by atoms with E-state index < -0.39 is 0 Å². The smallest absolute Gasteiger partial charge is 0.274 e. The molecular weight excluding hydrogens is 180 g/mol. The van der Waals surface area contributed by atoms with E-state index in [2.05, 4.69) is 5.32 Å². The largest absolute Gasteiger partial charge is 0.310 e. The van der Waals surface area contributed by atoms with Crippen LogP contribution in [0.1, 0.15) is 18.4 Å². The molecule has 14 heavy (non-hydrogen) atoms. The molecule has 1 aliphatic carbocycles. The number of nitrogens with one attached hydrogen (secondary N) is 1. The van der Waals surface area contributed by atoms with Crippen LogP contribution < -0.4 is 5.32 Å². The summed E-state index contributed by atoms with van der Waals surface area (Å²) >= 11 is 0. The average molecular weight is 192 g/mol. The molecule has 0 saturated heterocycles. The molecule has 0 spiro atoms. The highest BCUT2D eigenvalue weighted by molar-refractivity contribution is 5.47. The van der Waals surface area contributed by atoms with Crippen molar-refractivity contribution in [3.05, 3.63) is 39.9 Å². The third kappa shape index (κ3) is 1.28. The van der Waals surface area contributed by atoms with Crippen molar-refractivity contribution in [3.63, 3.8) is 0 Å². The number of nitro benzene ring substituents is 1. The first-order valence-electron chi connectivity index (χ1n) is 4.62. The van der Waals surface area contributed by atoms with Crippen molar-refractivity contribution < 1.29 is 4.92 Å². The van der Waals surface area contributed by atoms with Crippen molar-refractivity contribution in [2.45, 2.75) is 18.4 Å². The molecule has 1 N–H and O–H groups in total. The Balaban J connectivity index is 2.47. The highest BCUT2D eigenvalue weighted by Gasteiger charge is 2.46. The van der Waals surface area contributed by atoms with E-state index in [0.29, 0.717) is 0 Å². The normalized spacial score (nSPS) is 17.8. The number of benzene rings is 1. The molecule has 0 heterocycles. The third-order valence-electron chi connectivity index (χ3n) is 2.84. The van der Waals surface area contributed by atoms with Crippen molar-refractivity contribution >= 4 is 5.69 Å². The van der Waals surface area contributed by atoms with Gasteiger partial charge in [0.1, 0.15) is 0 Å². The highest BCUT2D eigenvalue weighted by atomic mass is 16.6. The first kappa shape index (κ1) is 9.15. The van der Waals surface area contributed by atoms with Crippen LogP contribution in [-0.4, -0.2) is 12.0 Å². The number of hydrogen-bond donors (Lipinski definition) is 1. The lowest BCUT2D eigenvalue weighted by atomic mass is 10.0. The second kappa shape index (κ2) is 3.06. The molecule has 74 valence electrons. The number of nitro groups is 1. The van der Waals surface area contributed by atoms with Gasteiger partial charge in [0.2, 0.25) is 0 Å². The summed E-state index contributed by atoms with van der Waals surface area (Å²) < 4.78 is 0. The molecule has 1 fully saturated rings. The van der Waals surface area contributed by atoms with E-state index in [9.17, 15) is 10.1 Å². The standard InChI is InChI=1S/C10H12N2O2/c1-11-10(6-7-10)8-4-2-3-5-9(8)12(13)14/h2-5,11H,6-7H2,1H3. The third-order valence-corrected chi connectivity index (χ3v) is 2.84. The van der Waals surface area contributed by atoms with Crippen molar-refractivity contribution in [3.8, 4) is 0 Å². The topological polar surface area (TPSA) is 55.2 Å². The summed E-state index contributed by atoms with van der Waals surface area (Å²) in [6.07, 6.45) is 1.96. The summed E-state index contributed by atoms with van der Waals surface area (Å²) in [5.74, 6) is 0. The van der Waals surface area contributed by atoms with Crippen LogP contribution in [0.15, 0.2) is 24.3 Å². The zero-order chi connectivity index (χ0) is 10.2. The van der Waals surface area contributed by atoms with Crippen LogP contribution in [0.3, 0.4) is 0 Å². The lowest BCUT2D eigenvalue weighted by molar-refractivity contribution is -0.385. The van der Waals surface area contributed by atoms with Gasteiger partial charge >= 0.3 is 0 Å². The number of rotatable bonds is 3. The van der Waals surface area contributed by atoms with Gasteiger partial charge in [-0.25, -0.2) is 0 Å². The Hall–Kier alpha value is -1.42. The van der Waals surface area contributed by atoms with Crippen LogP contribution >= 0.6 is 0 Å². The van der Waals surface area contributed by atoms with Gasteiger partial charge in [-0.3, -0.25) is 10.1 Å². The van der Waals surface area contributed by atoms with E-state index in [1.165, 1.54) is 0 Å². The van der Waals surface area contributed by atoms with Crippen LogP contribution in [0.4, 0.5) is 5.69 Å². The molecule has 0 radical (unpaired) electrons. The molecular formula is C10H12N2O2. The van der Waals surface area contributed by atoms with Crippen molar-refractivity contribution in [1.29, 1.82) is 0 Å². The molecule has 0 unspecified atom stereocenters. The van der Waals surface area contributed by atoms with E-state index in [1.54, 1.807) is 12.1 Å². The summed E-state index contributed by atoms with van der Waals surface area (Å²) in [7, 11) is 1.85. The van der Waals surface area contributed by atoms with E-state index in [1.807, 2.05) is 19.2 Å². The molecule has 1 aliphatic rings. The molecule has 2 rings (SSSR count). The zero-order valence-electron chi connectivity index (χ0n) is 7.99. The van der Waals surface area contributed by atoms with Crippen LogP contribution in [0.2, 0.25) is 0 Å². The van der Waals surface area contributed by atoms with Crippen molar-refractivity contribution in [1.82, 2.24) is 5.32 Å². The Labute approximate surface area is 82.1 Å². The number of nitrogens with zero attached hydrogens (tertiary/aromatic N) is 1. The molecule has 1 aromatic carbocycles. The fourth-order valence-electron chi connectivity index (χ4n) is 1.82. The van der Waals surface area contributed by atoms with Gasteiger partial charge in [0.15, 0.2) is 0 Å². The van der Waals surface area contributed by atoms with Crippen LogP contribution in [0.25, 0.3) is 0 Å². The second-order valence-corrected chi connectivity index (χ2v) is 3.61. The molecule has 0 aliphatic heterocycles. The van der Waals surface area contributed by atoms with Crippen LogP contribution in [0, 0.1) is 10.1 Å². The van der Waals surface area contributed by atoms with E-state index in [-0.39, 0.29) is 16.1 Å². The molecule has 0 bridgehead atoms. The Kier molecular flexibility index (Phi) is 2.00.